The van der Waals surface area contributed by atoms with Gasteiger partial charge in [0, 0.05) is 0 Å². The minimum absolute atomic E-state index is 0.829. The summed E-state index contributed by atoms with van der Waals surface area (Å²) in [5, 5.41) is 0. The van der Waals surface area contributed by atoms with E-state index < -0.39 is 0 Å². The Bertz CT molecular complexity index is 358. The van der Waals surface area contributed by atoms with Gasteiger partial charge in [-0.25, -0.2) is 0 Å². The Balaban J connectivity index is 1.83. The topological polar surface area (TPSA) is 13.7 Å². The fourth-order valence-electron chi connectivity index (χ4n) is 2.55. The van der Waals surface area contributed by atoms with Crippen molar-refractivity contribution in [3.05, 3.63) is 29.3 Å². The maximum absolute atomic E-state index is 5.84. The molecule has 0 radical (unpaired) electrons. The van der Waals surface area contributed by atoms with E-state index in [1.165, 1.54) is 43.5 Å². The second kappa shape index (κ2) is 6.06. The third kappa shape index (κ3) is 3.22. The molecule has 0 heterocycles. The summed E-state index contributed by atoms with van der Waals surface area (Å²) in [6.07, 6.45) is 3.79. The highest BCUT2D eigenvalue weighted by Crippen LogP contribution is 2.25. The van der Waals surface area contributed by atoms with Crippen LogP contribution < -0.4 is 9.64 Å². The number of aryl methyl sites for hydroxylation is 2. The molecular formula is C15H24NO+. The van der Waals surface area contributed by atoms with Gasteiger partial charge in [-0.3, -0.25) is 0 Å². The van der Waals surface area contributed by atoms with Crippen LogP contribution in [-0.4, -0.2) is 26.2 Å². The molecule has 0 saturated heterocycles. The molecule has 17 heavy (non-hydrogen) atoms. The highest BCUT2D eigenvalue weighted by Gasteiger charge is 2.11. The molecule has 2 rings (SSSR count). The van der Waals surface area contributed by atoms with Crippen LogP contribution in [0.1, 0.15) is 31.4 Å². The summed E-state index contributed by atoms with van der Waals surface area (Å²) in [7, 11) is 0. The second-order valence-electron chi connectivity index (χ2n) is 4.84. The van der Waals surface area contributed by atoms with Gasteiger partial charge in [-0.2, -0.15) is 0 Å². The van der Waals surface area contributed by atoms with Crippen LogP contribution in [0.2, 0.25) is 0 Å². The van der Waals surface area contributed by atoms with E-state index >= 15 is 0 Å². The van der Waals surface area contributed by atoms with Gasteiger partial charge in [-0.15, -0.1) is 0 Å². The lowest BCUT2D eigenvalue weighted by atomic mass is 10.1. The molecule has 0 spiro atoms. The highest BCUT2D eigenvalue weighted by atomic mass is 16.5. The molecule has 0 amide bonds. The van der Waals surface area contributed by atoms with Gasteiger partial charge in [0.15, 0.2) is 0 Å². The smallest absolute Gasteiger partial charge is 0.137 e. The van der Waals surface area contributed by atoms with Crippen molar-refractivity contribution in [3.63, 3.8) is 0 Å². The Morgan fingerprint density at radius 2 is 1.88 bits per heavy atom. The second-order valence-corrected chi connectivity index (χ2v) is 4.84. The normalized spacial score (nSPS) is 14.1. The molecule has 1 aromatic carbocycles. The molecule has 94 valence electrons. The first-order valence-corrected chi connectivity index (χ1v) is 6.91. The SMILES string of the molecule is CC[NH+](CC)CCOc1ccc2c(c1)CCC2. The van der Waals surface area contributed by atoms with E-state index in [2.05, 4.69) is 32.0 Å². The fraction of sp³-hybridized carbons (Fsp3) is 0.600. The van der Waals surface area contributed by atoms with Gasteiger partial charge < -0.3 is 9.64 Å². The van der Waals surface area contributed by atoms with Crippen LogP contribution in [-0.2, 0) is 12.8 Å². The summed E-state index contributed by atoms with van der Waals surface area (Å²) in [4.78, 5) is 1.60. The van der Waals surface area contributed by atoms with E-state index in [0.29, 0.717) is 0 Å². The molecule has 2 heteroatoms. The first kappa shape index (κ1) is 12.4. The minimum Gasteiger partial charge on any atom is -0.488 e. The molecule has 0 aliphatic heterocycles. The van der Waals surface area contributed by atoms with E-state index in [0.717, 1.165) is 18.9 Å². The van der Waals surface area contributed by atoms with Crippen molar-refractivity contribution >= 4 is 0 Å². The molecule has 1 N–H and O–H groups in total. The van der Waals surface area contributed by atoms with E-state index in [-0.39, 0.29) is 0 Å². The van der Waals surface area contributed by atoms with Gasteiger partial charge in [0.1, 0.15) is 18.9 Å². The van der Waals surface area contributed by atoms with Gasteiger partial charge in [0.2, 0.25) is 0 Å². The summed E-state index contributed by atoms with van der Waals surface area (Å²) < 4.78 is 5.84. The maximum Gasteiger partial charge on any atom is 0.137 e. The third-order valence-electron chi connectivity index (χ3n) is 3.79. The summed E-state index contributed by atoms with van der Waals surface area (Å²) >= 11 is 0. The number of ether oxygens (including phenoxy) is 1. The van der Waals surface area contributed by atoms with Crippen LogP contribution in [0.15, 0.2) is 18.2 Å². The van der Waals surface area contributed by atoms with Crippen molar-refractivity contribution < 1.29 is 9.64 Å². The van der Waals surface area contributed by atoms with Crippen LogP contribution in [0.3, 0.4) is 0 Å². The summed E-state index contributed by atoms with van der Waals surface area (Å²) in [5.74, 6) is 1.05. The molecule has 1 aromatic rings. The zero-order valence-corrected chi connectivity index (χ0v) is 11.1. The number of benzene rings is 1. The van der Waals surface area contributed by atoms with Gasteiger partial charge in [-0.05, 0) is 56.4 Å². The number of hydrogen-bond acceptors (Lipinski definition) is 1. The zero-order valence-electron chi connectivity index (χ0n) is 11.1. The summed E-state index contributed by atoms with van der Waals surface area (Å²) in [6, 6.07) is 6.60. The van der Waals surface area contributed by atoms with Crippen molar-refractivity contribution in [2.24, 2.45) is 0 Å². The molecule has 0 unspecified atom stereocenters. The molecule has 2 nitrogen and oxygen atoms in total. The zero-order chi connectivity index (χ0) is 12.1. The van der Waals surface area contributed by atoms with Crippen molar-refractivity contribution in [3.8, 4) is 5.75 Å². The lowest BCUT2D eigenvalue weighted by molar-refractivity contribution is -0.896. The van der Waals surface area contributed by atoms with Gasteiger partial charge in [0.05, 0.1) is 13.1 Å². The standard InChI is InChI=1S/C15H23NO/c1-3-16(4-2)10-11-17-15-9-8-13-6-5-7-14(13)12-15/h8-9,12H,3-7,10-11H2,1-2H3/p+1. The van der Waals surface area contributed by atoms with Crippen LogP contribution in [0.25, 0.3) is 0 Å². The molecule has 1 aliphatic carbocycles. The number of quaternary nitrogens is 1. The largest absolute Gasteiger partial charge is 0.488 e. The number of likely N-dealkylation sites (N-methyl/N-ethyl adjacent to an activating group) is 1. The molecule has 0 bridgehead atoms. The van der Waals surface area contributed by atoms with Gasteiger partial charge in [-0.1, -0.05) is 6.07 Å². The summed E-state index contributed by atoms with van der Waals surface area (Å²) in [6.45, 7) is 8.76. The molecule has 0 aromatic heterocycles. The number of fused-ring (bicyclic) bond motifs is 1. The van der Waals surface area contributed by atoms with Gasteiger partial charge >= 0.3 is 0 Å². The Morgan fingerprint density at radius 3 is 2.65 bits per heavy atom. The number of hydrogen-bond donors (Lipinski definition) is 1. The van der Waals surface area contributed by atoms with Crippen molar-refractivity contribution in [1.82, 2.24) is 0 Å². The monoisotopic (exact) mass is 234 g/mol. The lowest BCUT2D eigenvalue weighted by Crippen LogP contribution is -3.12. The predicted molar refractivity (Wildman–Crippen MR) is 70.9 cm³/mol. The number of rotatable bonds is 6. The first-order chi connectivity index (χ1) is 8.33. The van der Waals surface area contributed by atoms with E-state index in [9.17, 15) is 0 Å². The average molecular weight is 234 g/mol. The molecule has 0 saturated carbocycles. The Morgan fingerprint density at radius 1 is 1.12 bits per heavy atom. The highest BCUT2D eigenvalue weighted by molar-refractivity contribution is 5.38. The predicted octanol–water partition coefficient (Wildman–Crippen LogP) is 1.48. The van der Waals surface area contributed by atoms with Gasteiger partial charge in [0.25, 0.3) is 0 Å². The Labute approximate surface area is 105 Å². The molecule has 1 aliphatic rings. The summed E-state index contributed by atoms with van der Waals surface area (Å²) in [5.41, 5.74) is 3.02. The van der Waals surface area contributed by atoms with Crippen molar-refractivity contribution in [1.29, 1.82) is 0 Å². The average Bonchev–Trinajstić information content (AvgIpc) is 2.82. The van der Waals surface area contributed by atoms with Crippen molar-refractivity contribution in [2.75, 3.05) is 26.2 Å². The van der Waals surface area contributed by atoms with Crippen LogP contribution in [0.5, 0.6) is 5.75 Å². The first-order valence-electron chi connectivity index (χ1n) is 6.91. The van der Waals surface area contributed by atoms with Crippen LogP contribution >= 0.6 is 0 Å². The van der Waals surface area contributed by atoms with E-state index in [1.54, 1.807) is 4.90 Å². The fourth-order valence-corrected chi connectivity index (χ4v) is 2.55. The lowest BCUT2D eigenvalue weighted by Gasteiger charge is -2.15. The minimum atomic E-state index is 0.829. The molecular weight excluding hydrogens is 210 g/mol. The third-order valence-corrected chi connectivity index (χ3v) is 3.79. The van der Waals surface area contributed by atoms with E-state index in [4.69, 9.17) is 4.74 Å². The molecule has 0 atom stereocenters. The molecule has 0 fully saturated rings. The van der Waals surface area contributed by atoms with E-state index in [1.807, 2.05) is 0 Å². The quantitative estimate of drug-likeness (QED) is 0.787. The number of nitrogens with one attached hydrogen (secondary N) is 1. The Kier molecular flexibility index (Phi) is 4.43. The van der Waals surface area contributed by atoms with Crippen LogP contribution in [0.4, 0.5) is 0 Å². The Hall–Kier alpha value is -1.02. The van der Waals surface area contributed by atoms with Crippen LogP contribution in [0, 0.1) is 0 Å². The van der Waals surface area contributed by atoms with Crippen molar-refractivity contribution in [2.45, 2.75) is 33.1 Å². The maximum atomic E-state index is 5.84.